The Kier molecular flexibility index (Phi) is 6.21. The molecule has 3 aromatic rings. The summed E-state index contributed by atoms with van der Waals surface area (Å²) in [5, 5.41) is 3.38. The first-order chi connectivity index (χ1) is 12.6. The van der Waals surface area contributed by atoms with Crippen LogP contribution in [0.2, 0.25) is 5.02 Å². The molecule has 5 heteroatoms. The zero-order chi connectivity index (χ0) is 18.4. The number of amides is 1. The summed E-state index contributed by atoms with van der Waals surface area (Å²) >= 11 is 7.37. The molecule has 0 spiro atoms. The summed E-state index contributed by atoms with van der Waals surface area (Å²) in [7, 11) is 0. The summed E-state index contributed by atoms with van der Waals surface area (Å²) in [4.78, 5) is 13.4. The third-order valence-electron chi connectivity index (χ3n) is 3.60. The van der Waals surface area contributed by atoms with Crippen LogP contribution in [0.1, 0.15) is 6.92 Å². The number of ether oxygens (including phenoxy) is 1. The van der Waals surface area contributed by atoms with E-state index in [0.717, 1.165) is 22.1 Å². The predicted octanol–water partition coefficient (Wildman–Crippen LogP) is 6.25. The van der Waals surface area contributed by atoms with Crippen molar-refractivity contribution in [3.05, 3.63) is 83.9 Å². The molecular weight excluding hydrogens is 366 g/mol. The fraction of sp³-hybridized carbons (Fsp3) is 0.0952. The number of thioether (sulfide) groups is 1. The van der Waals surface area contributed by atoms with Gasteiger partial charge in [-0.15, -0.1) is 11.8 Å². The standard InChI is InChI=1S/C21H18ClNO2S/c1-15(26-20-13-7-16(22)8-14-20)21(24)23-17-9-11-19(12-10-17)25-18-5-3-2-4-6-18/h2-15H,1H3,(H,23,24). The van der Waals surface area contributed by atoms with Crippen LogP contribution in [-0.2, 0) is 4.79 Å². The van der Waals surface area contributed by atoms with Crippen LogP contribution >= 0.6 is 23.4 Å². The zero-order valence-electron chi connectivity index (χ0n) is 14.2. The molecule has 3 rings (SSSR count). The lowest BCUT2D eigenvalue weighted by atomic mass is 10.3. The van der Waals surface area contributed by atoms with Gasteiger partial charge in [-0.25, -0.2) is 0 Å². The second kappa shape index (κ2) is 8.79. The van der Waals surface area contributed by atoms with Gasteiger partial charge in [-0.05, 0) is 67.6 Å². The second-order valence-electron chi connectivity index (χ2n) is 5.64. The summed E-state index contributed by atoms with van der Waals surface area (Å²) in [5.41, 5.74) is 0.735. The number of anilines is 1. The topological polar surface area (TPSA) is 38.3 Å². The summed E-state index contributed by atoms with van der Waals surface area (Å²) in [6.07, 6.45) is 0. The minimum atomic E-state index is -0.226. The van der Waals surface area contributed by atoms with Crippen molar-refractivity contribution in [2.75, 3.05) is 5.32 Å². The number of para-hydroxylation sites is 1. The Morgan fingerprint density at radius 3 is 2.19 bits per heavy atom. The average Bonchev–Trinajstić information content (AvgIpc) is 2.66. The van der Waals surface area contributed by atoms with E-state index in [9.17, 15) is 4.79 Å². The summed E-state index contributed by atoms with van der Waals surface area (Å²) < 4.78 is 5.75. The predicted molar refractivity (Wildman–Crippen MR) is 108 cm³/mol. The van der Waals surface area contributed by atoms with Gasteiger partial charge in [0, 0.05) is 15.6 Å². The molecule has 0 bridgehead atoms. The molecule has 3 nitrogen and oxygen atoms in total. The molecule has 1 N–H and O–H groups in total. The molecule has 0 fully saturated rings. The van der Waals surface area contributed by atoms with E-state index in [-0.39, 0.29) is 11.2 Å². The van der Waals surface area contributed by atoms with Gasteiger partial charge in [-0.3, -0.25) is 4.79 Å². The van der Waals surface area contributed by atoms with E-state index in [4.69, 9.17) is 16.3 Å². The zero-order valence-corrected chi connectivity index (χ0v) is 15.8. The number of rotatable bonds is 6. The Labute approximate surface area is 162 Å². The first kappa shape index (κ1) is 18.4. The fourth-order valence-corrected chi connectivity index (χ4v) is 3.24. The van der Waals surface area contributed by atoms with E-state index in [1.807, 2.05) is 85.8 Å². The van der Waals surface area contributed by atoms with Crippen molar-refractivity contribution in [3.63, 3.8) is 0 Å². The van der Waals surface area contributed by atoms with Crippen LogP contribution in [0.25, 0.3) is 0 Å². The lowest BCUT2D eigenvalue weighted by Gasteiger charge is -2.12. The molecule has 0 aliphatic rings. The van der Waals surface area contributed by atoms with Crippen molar-refractivity contribution in [1.82, 2.24) is 0 Å². The molecule has 1 unspecified atom stereocenters. The minimum absolute atomic E-state index is 0.0540. The van der Waals surface area contributed by atoms with Gasteiger partial charge in [0.25, 0.3) is 0 Å². The summed E-state index contributed by atoms with van der Waals surface area (Å²) in [6.45, 7) is 1.88. The Morgan fingerprint density at radius 2 is 1.54 bits per heavy atom. The first-order valence-corrected chi connectivity index (χ1v) is 9.42. The third kappa shape index (κ3) is 5.28. The lowest BCUT2D eigenvalue weighted by molar-refractivity contribution is -0.115. The van der Waals surface area contributed by atoms with Crippen LogP contribution in [0.5, 0.6) is 11.5 Å². The van der Waals surface area contributed by atoms with Crippen LogP contribution in [-0.4, -0.2) is 11.2 Å². The van der Waals surface area contributed by atoms with Crippen molar-refractivity contribution < 1.29 is 9.53 Å². The second-order valence-corrected chi connectivity index (χ2v) is 7.49. The summed E-state index contributed by atoms with van der Waals surface area (Å²) in [6, 6.07) is 24.3. The van der Waals surface area contributed by atoms with E-state index >= 15 is 0 Å². The van der Waals surface area contributed by atoms with Gasteiger partial charge in [-0.2, -0.15) is 0 Å². The van der Waals surface area contributed by atoms with Gasteiger partial charge in [0.05, 0.1) is 5.25 Å². The Bertz CT molecular complexity index is 851. The molecule has 0 aliphatic heterocycles. The van der Waals surface area contributed by atoms with Gasteiger partial charge in [0.15, 0.2) is 0 Å². The quantitative estimate of drug-likeness (QED) is 0.511. The molecule has 0 saturated heterocycles. The Hall–Kier alpha value is -2.43. The molecule has 1 atom stereocenters. The number of carbonyl (C=O) groups is 1. The van der Waals surface area contributed by atoms with E-state index in [1.54, 1.807) is 0 Å². The molecule has 0 radical (unpaired) electrons. The number of benzene rings is 3. The molecule has 3 aromatic carbocycles. The number of hydrogen-bond donors (Lipinski definition) is 1. The van der Waals surface area contributed by atoms with Gasteiger partial charge in [0.2, 0.25) is 5.91 Å². The maximum Gasteiger partial charge on any atom is 0.237 e. The maximum atomic E-state index is 12.4. The Balaban J connectivity index is 1.56. The average molecular weight is 384 g/mol. The SMILES string of the molecule is CC(Sc1ccc(Cl)cc1)C(=O)Nc1ccc(Oc2ccccc2)cc1. The van der Waals surface area contributed by atoms with Crippen LogP contribution in [0.15, 0.2) is 83.8 Å². The Morgan fingerprint density at radius 1 is 0.923 bits per heavy atom. The van der Waals surface area contributed by atoms with E-state index in [0.29, 0.717) is 5.02 Å². The van der Waals surface area contributed by atoms with E-state index < -0.39 is 0 Å². The molecule has 0 aliphatic carbocycles. The molecule has 132 valence electrons. The number of halogens is 1. The minimum Gasteiger partial charge on any atom is -0.457 e. The largest absolute Gasteiger partial charge is 0.457 e. The lowest BCUT2D eigenvalue weighted by Crippen LogP contribution is -2.22. The van der Waals surface area contributed by atoms with Crippen molar-refractivity contribution in [2.45, 2.75) is 17.1 Å². The molecule has 0 heterocycles. The number of carbonyl (C=O) groups excluding carboxylic acids is 1. The van der Waals surface area contributed by atoms with E-state index in [1.165, 1.54) is 11.8 Å². The number of hydrogen-bond acceptors (Lipinski definition) is 3. The smallest absolute Gasteiger partial charge is 0.237 e. The highest BCUT2D eigenvalue weighted by atomic mass is 35.5. The van der Waals surface area contributed by atoms with Crippen LogP contribution in [0.4, 0.5) is 5.69 Å². The normalized spacial score (nSPS) is 11.6. The van der Waals surface area contributed by atoms with Crippen molar-refractivity contribution in [2.24, 2.45) is 0 Å². The van der Waals surface area contributed by atoms with Crippen LogP contribution in [0.3, 0.4) is 0 Å². The van der Waals surface area contributed by atoms with Crippen LogP contribution < -0.4 is 10.1 Å². The van der Waals surface area contributed by atoms with Gasteiger partial charge in [-0.1, -0.05) is 29.8 Å². The summed E-state index contributed by atoms with van der Waals surface area (Å²) in [5.74, 6) is 1.44. The highest BCUT2D eigenvalue weighted by molar-refractivity contribution is 8.00. The number of nitrogens with one attached hydrogen (secondary N) is 1. The first-order valence-electron chi connectivity index (χ1n) is 8.16. The molecule has 0 aromatic heterocycles. The van der Waals surface area contributed by atoms with Gasteiger partial charge < -0.3 is 10.1 Å². The molecule has 1 amide bonds. The molecular formula is C21H18ClNO2S. The highest BCUT2D eigenvalue weighted by Gasteiger charge is 2.14. The molecule has 0 saturated carbocycles. The fourth-order valence-electron chi connectivity index (χ4n) is 2.25. The van der Waals surface area contributed by atoms with E-state index in [2.05, 4.69) is 5.32 Å². The van der Waals surface area contributed by atoms with Crippen molar-refractivity contribution in [1.29, 1.82) is 0 Å². The highest BCUT2D eigenvalue weighted by Crippen LogP contribution is 2.26. The van der Waals surface area contributed by atoms with Crippen molar-refractivity contribution in [3.8, 4) is 11.5 Å². The van der Waals surface area contributed by atoms with Gasteiger partial charge in [0.1, 0.15) is 11.5 Å². The van der Waals surface area contributed by atoms with Gasteiger partial charge >= 0.3 is 0 Å². The third-order valence-corrected chi connectivity index (χ3v) is 4.96. The maximum absolute atomic E-state index is 12.4. The van der Waals surface area contributed by atoms with Crippen molar-refractivity contribution >= 4 is 35.0 Å². The monoisotopic (exact) mass is 383 g/mol. The van der Waals surface area contributed by atoms with Crippen LogP contribution in [0, 0.1) is 0 Å². The molecule has 26 heavy (non-hydrogen) atoms.